The Kier molecular flexibility index (Phi) is 6.42. The minimum atomic E-state index is -0.356. The van der Waals surface area contributed by atoms with E-state index in [2.05, 4.69) is 5.32 Å². The molecule has 0 atom stereocenters. The largest absolute Gasteiger partial charge is 0.507 e. The molecule has 1 amide bonds. The van der Waals surface area contributed by atoms with Gasteiger partial charge in [-0.1, -0.05) is 0 Å². The number of benzene rings is 2. The van der Waals surface area contributed by atoms with E-state index in [1.807, 2.05) is 0 Å². The molecule has 0 aliphatic carbocycles. The van der Waals surface area contributed by atoms with Crippen LogP contribution in [0.4, 0.5) is 4.39 Å². The van der Waals surface area contributed by atoms with Crippen LogP contribution in [0.5, 0.6) is 17.2 Å². The molecule has 0 aliphatic rings. The molecule has 0 saturated heterocycles. The molecule has 0 saturated carbocycles. The van der Waals surface area contributed by atoms with Crippen molar-refractivity contribution in [2.75, 3.05) is 20.3 Å². The van der Waals surface area contributed by atoms with E-state index in [0.29, 0.717) is 24.7 Å². The van der Waals surface area contributed by atoms with Crippen LogP contribution in [0.25, 0.3) is 0 Å². The zero-order valence-electron chi connectivity index (χ0n) is 13.4. The summed E-state index contributed by atoms with van der Waals surface area (Å²) in [6, 6.07) is 10.3. The van der Waals surface area contributed by atoms with Gasteiger partial charge in [-0.15, -0.1) is 0 Å². The molecule has 0 spiro atoms. The molecule has 0 aliphatic heterocycles. The normalized spacial score (nSPS) is 10.2. The predicted octanol–water partition coefficient (Wildman–Crippen LogP) is 3.13. The second-order valence-corrected chi connectivity index (χ2v) is 5.15. The Bertz CT molecular complexity index is 673. The second kappa shape index (κ2) is 8.76. The predicted molar refractivity (Wildman–Crippen MR) is 88.1 cm³/mol. The van der Waals surface area contributed by atoms with Crippen LogP contribution in [0.15, 0.2) is 42.5 Å². The lowest BCUT2D eigenvalue weighted by molar-refractivity contribution is 0.0949. The zero-order valence-corrected chi connectivity index (χ0v) is 13.4. The van der Waals surface area contributed by atoms with Crippen LogP contribution in [0.2, 0.25) is 0 Å². The van der Waals surface area contributed by atoms with Gasteiger partial charge >= 0.3 is 0 Å². The van der Waals surface area contributed by atoms with Gasteiger partial charge in [-0.05, 0) is 55.3 Å². The molecule has 2 rings (SSSR count). The lowest BCUT2D eigenvalue weighted by Gasteiger charge is -2.09. The number of aromatic hydroxyl groups is 1. The second-order valence-electron chi connectivity index (χ2n) is 5.15. The van der Waals surface area contributed by atoms with Crippen molar-refractivity contribution in [3.63, 3.8) is 0 Å². The van der Waals surface area contributed by atoms with Gasteiger partial charge in [0.2, 0.25) is 0 Å². The average Bonchev–Trinajstić information content (AvgIpc) is 2.59. The summed E-state index contributed by atoms with van der Waals surface area (Å²) in [5.74, 6) is 0.372. The van der Waals surface area contributed by atoms with Gasteiger partial charge in [0.1, 0.15) is 23.1 Å². The molecule has 5 nitrogen and oxygen atoms in total. The number of unbranched alkanes of at least 4 members (excludes halogenated alkanes) is 1. The van der Waals surface area contributed by atoms with Crippen LogP contribution < -0.4 is 14.8 Å². The summed E-state index contributed by atoms with van der Waals surface area (Å²) >= 11 is 0. The van der Waals surface area contributed by atoms with Crippen LogP contribution in [0, 0.1) is 5.82 Å². The Labute approximate surface area is 140 Å². The first-order valence-electron chi connectivity index (χ1n) is 7.63. The topological polar surface area (TPSA) is 67.8 Å². The standard InChI is InChI=1S/C18H20FNO4/c1-23-15-8-9-17(21)16(12-15)18(22)20-10-2-3-11-24-14-6-4-13(19)5-7-14/h4-9,12,21H,2-3,10-11H2,1H3,(H,20,22). The first kappa shape index (κ1) is 17.6. The highest BCUT2D eigenvalue weighted by atomic mass is 19.1. The fraction of sp³-hybridized carbons (Fsp3) is 0.278. The highest BCUT2D eigenvalue weighted by molar-refractivity contribution is 5.97. The van der Waals surface area contributed by atoms with E-state index in [1.54, 1.807) is 18.2 Å². The van der Waals surface area contributed by atoms with Gasteiger partial charge in [0.15, 0.2) is 0 Å². The van der Waals surface area contributed by atoms with Crippen molar-refractivity contribution in [3.8, 4) is 17.2 Å². The quantitative estimate of drug-likeness (QED) is 0.728. The molecule has 0 bridgehead atoms. The molecule has 0 unspecified atom stereocenters. The molecular formula is C18H20FNO4. The molecule has 0 aromatic heterocycles. The van der Waals surface area contributed by atoms with Crippen molar-refractivity contribution in [3.05, 3.63) is 53.8 Å². The Morgan fingerprint density at radius 3 is 2.54 bits per heavy atom. The van der Waals surface area contributed by atoms with Gasteiger partial charge < -0.3 is 19.9 Å². The van der Waals surface area contributed by atoms with Gasteiger partial charge in [-0.25, -0.2) is 4.39 Å². The summed E-state index contributed by atoms with van der Waals surface area (Å²) in [5.41, 5.74) is 0.178. The number of ether oxygens (including phenoxy) is 2. The fourth-order valence-electron chi connectivity index (χ4n) is 2.07. The van der Waals surface area contributed by atoms with Gasteiger partial charge in [-0.2, -0.15) is 0 Å². The summed E-state index contributed by atoms with van der Waals surface area (Å²) < 4.78 is 23.2. The van der Waals surface area contributed by atoms with Crippen LogP contribution >= 0.6 is 0 Å². The number of hydrogen-bond donors (Lipinski definition) is 2. The zero-order chi connectivity index (χ0) is 17.4. The van der Waals surface area contributed by atoms with E-state index in [0.717, 1.165) is 12.8 Å². The maximum absolute atomic E-state index is 12.7. The monoisotopic (exact) mass is 333 g/mol. The van der Waals surface area contributed by atoms with Gasteiger partial charge in [0.25, 0.3) is 5.91 Å². The third-order valence-electron chi connectivity index (χ3n) is 3.39. The Hall–Kier alpha value is -2.76. The Balaban J connectivity index is 1.68. The maximum atomic E-state index is 12.7. The third-order valence-corrected chi connectivity index (χ3v) is 3.39. The number of carbonyl (C=O) groups is 1. The minimum Gasteiger partial charge on any atom is -0.507 e. The SMILES string of the molecule is COc1ccc(O)c(C(=O)NCCCCOc2ccc(F)cc2)c1. The number of phenolic OH excluding ortho intramolecular Hbond substituents is 1. The van der Waals surface area contributed by atoms with E-state index in [1.165, 1.54) is 31.4 Å². The smallest absolute Gasteiger partial charge is 0.255 e. The number of phenols is 1. The van der Waals surface area contributed by atoms with E-state index < -0.39 is 0 Å². The summed E-state index contributed by atoms with van der Waals surface area (Å²) in [7, 11) is 1.50. The molecular weight excluding hydrogens is 313 g/mol. The fourth-order valence-corrected chi connectivity index (χ4v) is 2.07. The van der Waals surface area contributed by atoms with Crippen LogP contribution in [-0.4, -0.2) is 31.3 Å². The summed E-state index contributed by atoms with van der Waals surface area (Å²) in [6.45, 7) is 0.939. The van der Waals surface area contributed by atoms with Crippen molar-refractivity contribution in [2.45, 2.75) is 12.8 Å². The number of methoxy groups -OCH3 is 1. The van der Waals surface area contributed by atoms with E-state index in [-0.39, 0.29) is 23.0 Å². The molecule has 0 fully saturated rings. The maximum Gasteiger partial charge on any atom is 0.255 e. The highest BCUT2D eigenvalue weighted by Crippen LogP contribution is 2.22. The molecule has 128 valence electrons. The van der Waals surface area contributed by atoms with Gasteiger partial charge in [-0.3, -0.25) is 4.79 Å². The number of nitrogens with one attached hydrogen (secondary N) is 1. The van der Waals surface area contributed by atoms with E-state index >= 15 is 0 Å². The first-order valence-corrected chi connectivity index (χ1v) is 7.63. The van der Waals surface area contributed by atoms with Crippen LogP contribution in [-0.2, 0) is 0 Å². The Morgan fingerprint density at radius 1 is 1.12 bits per heavy atom. The van der Waals surface area contributed by atoms with Gasteiger partial charge in [0, 0.05) is 6.54 Å². The highest BCUT2D eigenvalue weighted by Gasteiger charge is 2.11. The van der Waals surface area contributed by atoms with Crippen LogP contribution in [0.1, 0.15) is 23.2 Å². The van der Waals surface area contributed by atoms with Crippen molar-refractivity contribution in [2.24, 2.45) is 0 Å². The molecule has 2 N–H and O–H groups in total. The minimum absolute atomic E-state index is 0.0899. The van der Waals surface area contributed by atoms with Crippen molar-refractivity contribution < 1.29 is 23.8 Å². The number of halogens is 1. The molecule has 2 aromatic carbocycles. The van der Waals surface area contributed by atoms with Crippen LogP contribution in [0.3, 0.4) is 0 Å². The number of carbonyl (C=O) groups excluding carboxylic acids is 1. The molecule has 6 heteroatoms. The molecule has 0 heterocycles. The number of hydrogen-bond acceptors (Lipinski definition) is 4. The van der Waals surface area contributed by atoms with E-state index in [4.69, 9.17) is 9.47 Å². The summed E-state index contributed by atoms with van der Waals surface area (Å²) in [5, 5.41) is 12.5. The van der Waals surface area contributed by atoms with Gasteiger partial charge in [0.05, 0.1) is 19.3 Å². The Morgan fingerprint density at radius 2 is 1.83 bits per heavy atom. The summed E-state index contributed by atoms with van der Waals surface area (Å²) in [6.07, 6.45) is 1.46. The lowest BCUT2D eigenvalue weighted by Crippen LogP contribution is -2.24. The molecule has 2 aromatic rings. The molecule has 24 heavy (non-hydrogen) atoms. The van der Waals surface area contributed by atoms with Crippen molar-refractivity contribution in [1.29, 1.82) is 0 Å². The first-order chi connectivity index (χ1) is 11.6. The number of amides is 1. The average molecular weight is 333 g/mol. The van der Waals surface area contributed by atoms with Crippen molar-refractivity contribution in [1.82, 2.24) is 5.32 Å². The summed E-state index contributed by atoms with van der Waals surface area (Å²) in [4.78, 5) is 12.0. The van der Waals surface area contributed by atoms with Crippen molar-refractivity contribution >= 4 is 5.91 Å². The molecule has 0 radical (unpaired) electrons. The van der Waals surface area contributed by atoms with E-state index in [9.17, 15) is 14.3 Å². The third kappa shape index (κ3) is 5.15. The number of rotatable bonds is 8. The lowest BCUT2D eigenvalue weighted by atomic mass is 10.1.